The number of nitrogens with one attached hydrogen (secondary N) is 2. The predicted octanol–water partition coefficient (Wildman–Crippen LogP) is 4.59. The van der Waals surface area contributed by atoms with E-state index in [0.717, 1.165) is 11.8 Å². The van der Waals surface area contributed by atoms with Crippen molar-refractivity contribution in [1.82, 2.24) is 10.6 Å². The Bertz CT molecular complexity index is 1150. The molecule has 1 unspecified atom stereocenters. The van der Waals surface area contributed by atoms with Crippen LogP contribution >= 0.6 is 0 Å². The second-order valence-corrected chi connectivity index (χ2v) is 7.41. The molecule has 0 radical (unpaired) electrons. The minimum Gasteiger partial charge on any atom is -0.464 e. The van der Waals surface area contributed by atoms with Crippen LogP contribution in [0.25, 0.3) is 11.0 Å². The van der Waals surface area contributed by atoms with Gasteiger partial charge in [-0.2, -0.15) is 0 Å². The fraction of sp³-hybridized carbons (Fsp3) is 0.154. The van der Waals surface area contributed by atoms with Crippen molar-refractivity contribution in [2.45, 2.75) is 18.9 Å². The maximum Gasteiger partial charge on any atom is 0.252 e. The van der Waals surface area contributed by atoms with Crippen LogP contribution in [0.2, 0.25) is 0 Å². The number of furan rings is 1. The molecule has 3 aromatic carbocycles. The zero-order valence-corrected chi connectivity index (χ0v) is 17.1. The van der Waals surface area contributed by atoms with Gasteiger partial charge in [0.15, 0.2) is 0 Å². The van der Waals surface area contributed by atoms with E-state index in [1.54, 1.807) is 36.6 Å². The van der Waals surface area contributed by atoms with Gasteiger partial charge in [0.05, 0.1) is 11.8 Å². The fourth-order valence-electron chi connectivity index (χ4n) is 3.57. The van der Waals surface area contributed by atoms with E-state index in [1.165, 1.54) is 5.56 Å². The molecule has 1 heterocycles. The van der Waals surface area contributed by atoms with Gasteiger partial charge in [0, 0.05) is 23.5 Å². The van der Waals surface area contributed by atoms with Crippen LogP contribution < -0.4 is 10.6 Å². The third-order valence-corrected chi connectivity index (χ3v) is 5.24. The number of benzene rings is 3. The smallest absolute Gasteiger partial charge is 0.252 e. The van der Waals surface area contributed by atoms with Gasteiger partial charge in [0.1, 0.15) is 5.58 Å². The summed E-state index contributed by atoms with van der Waals surface area (Å²) < 4.78 is 5.39. The Morgan fingerprint density at radius 3 is 2.32 bits per heavy atom. The summed E-state index contributed by atoms with van der Waals surface area (Å²) in [4.78, 5) is 25.5. The summed E-state index contributed by atoms with van der Waals surface area (Å²) in [5.41, 5.74) is 3.02. The van der Waals surface area contributed by atoms with Gasteiger partial charge in [-0.15, -0.1) is 0 Å². The molecule has 2 N–H and O–H groups in total. The molecular weight excluding hydrogens is 388 g/mol. The molecule has 0 bridgehead atoms. The van der Waals surface area contributed by atoms with Gasteiger partial charge in [-0.3, -0.25) is 9.59 Å². The largest absolute Gasteiger partial charge is 0.464 e. The monoisotopic (exact) mass is 412 g/mol. The Balaban J connectivity index is 1.44. The minimum absolute atomic E-state index is 0.148. The van der Waals surface area contributed by atoms with Gasteiger partial charge in [0.25, 0.3) is 11.8 Å². The van der Waals surface area contributed by atoms with Gasteiger partial charge in [-0.25, -0.2) is 0 Å². The zero-order chi connectivity index (χ0) is 21.5. The lowest BCUT2D eigenvalue weighted by molar-refractivity contribution is 0.0907. The van der Waals surface area contributed by atoms with Crippen molar-refractivity contribution in [3.05, 3.63) is 108 Å². The predicted molar refractivity (Wildman–Crippen MR) is 121 cm³/mol. The van der Waals surface area contributed by atoms with Crippen molar-refractivity contribution in [1.29, 1.82) is 0 Å². The lowest BCUT2D eigenvalue weighted by atomic mass is 10.0. The average molecular weight is 412 g/mol. The van der Waals surface area contributed by atoms with Crippen LogP contribution in [0.3, 0.4) is 0 Å². The van der Waals surface area contributed by atoms with Gasteiger partial charge in [-0.1, -0.05) is 54.6 Å². The zero-order valence-electron chi connectivity index (χ0n) is 17.1. The Labute approximate surface area is 181 Å². The highest BCUT2D eigenvalue weighted by Gasteiger charge is 2.17. The highest BCUT2D eigenvalue weighted by Crippen LogP contribution is 2.19. The van der Waals surface area contributed by atoms with Crippen molar-refractivity contribution in [2.75, 3.05) is 6.54 Å². The molecule has 0 aliphatic rings. The summed E-state index contributed by atoms with van der Waals surface area (Å²) in [7, 11) is 0. The van der Waals surface area contributed by atoms with Crippen LogP contribution in [-0.4, -0.2) is 24.4 Å². The highest BCUT2D eigenvalue weighted by molar-refractivity contribution is 6.05. The van der Waals surface area contributed by atoms with E-state index >= 15 is 0 Å². The summed E-state index contributed by atoms with van der Waals surface area (Å²) in [5.74, 6) is -0.337. The van der Waals surface area contributed by atoms with Gasteiger partial charge in [-0.05, 0) is 48.7 Å². The molecule has 31 heavy (non-hydrogen) atoms. The average Bonchev–Trinajstić information content (AvgIpc) is 3.31. The number of carbonyl (C=O) groups is 2. The highest BCUT2D eigenvalue weighted by atomic mass is 16.3. The second kappa shape index (κ2) is 9.76. The topological polar surface area (TPSA) is 71.3 Å². The Morgan fingerprint density at radius 1 is 0.806 bits per heavy atom. The quantitative estimate of drug-likeness (QED) is 0.445. The van der Waals surface area contributed by atoms with Crippen LogP contribution in [-0.2, 0) is 6.42 Å². The van der Waals surface area contributed by atoms with Crippen molar-refractivity contribution in [3.63, 3.8) is 0 Å². The van der Waals surface area contributed by atoms with Gasteiger partial charge in [0.2, 0.25) is 0 Å². The second-order valence-electron chi connectivity index (χ2n) is 7.41. The van der Waals surface area contributed by atoms with E-state index in [-0.39, 0.29) is 17.9 Å². The molecule has 0 saturated carbocycles. The summed E-state index contributed by atoms with van der Waals surface area (Å²) in [6.07, 6.45) is 3.08. The Hall–Kier alpha value is -3.86. The molecule has 2 amide bonds. The van der Waals surface area contributed by atoms with E-state index in [0.29, 0.717) is 29.7 Å². The number of amides is 2. The number of hydrogen-bond donors (Lipinski definition) is 2. The molecule has 5 nitrogen and oxygen atoms in total. The number of fused-ring (bicyclic) bond motifs is 1. The molecule has 0 aliphatic carbocycles. The molecule has 4 rings (SSSR count). The molecular formula is C26H24N2O3. The fourth-order valence-corrected chi connectivity index (χ4v) is 3.57. The summed E-state index contributed by atoms with van der Waals surface area (Å²) in [6, 6.07) is 26.2. The summed E-state index contributed by atoms with van der Waals surface area (Å²) in [5, 5.41) is 6.82. The molecule has 0 saturated heterocycles. The SMILES string of the molecule is O=C(NC(CCc1ccccc1)CNC(=O)c1cccc2occc12)c1ccccc1. The molecule has 1 atom stereocenters. The van der Waals surface area contributed by atoms with Crippen LogP contribution in [0.5, 0.6) is 0 Å². The van der Waals surface area contributed by atoms with Crippen LogP contribution in [0.1, 0.15) is 32.7 Å². The first kappa shape index (κ1) is 20.4. The van der Waals surface area contributed by atoms with E-state index in [4.69, 9.17) is 4.42 Å². The normalized spacial score (nSPS) is 11.7. The van der Waals surface area contributed by atoms with Crippen molar-refractivity contribution >= 4 is 22.8 Å². The molecule has 156 valence electrons. The lowest BCUT2D eigenvalue weighted by Crippen LogP contribution is -2.44. The lowest BCUT2D eigenvalue weighted by Gasteiger charge is -2.20. The van der Waals surface area contributed by atoms with Crippen LogP contribution in [0, 0.1) is 0 Å². The van der Waals surface area contributed by atoms with E-state index in [2.05, 4.69) is 22.8 Å². The standard InChI is InChI=1S/C26H24N2O3/c29-25(20-10-5-2-6-11-20)28-21(15-14-19-8-3-1-4-9-19)18-27-26(30)23-12-7-13-24-22(23)16-17-31-24/h1-13,16-17,21H,14-15,18H2,(H,27,30)(H,28,29). The number of carbonyl (C=O) groups excluding carboxylic acids is 2. The Kier molecular flexibility index (Phi) is 6.43. The Morgan fingerprint density at radius 2 is 1.55 bits per heavy atom. The van der Waals surface area contributed by atoms with Crippen molar-refractivity contribution < 1.29 is 14.0 Å². The van der Waals surface area contributed by atoms with Gasteiger partial charge >= 0.3 is 0 Å². The maximum atomic E-state index is 12.8. The first-order valence-corrected chi connectivity index (χ1v) is 10.3. The maximum absolute atomic E-state index is 12.8. The van der Waals surface area contributed by atoms with E-state index < -0.39 is 0 Å². The number of rotatable bonds is 8. The minimum atomic E-state index is -0.208. The third-order valence-electron chi connectivity index (χ3n) is 5.24. The van der Waals surface area contributed by atoms with E-state index in [1.807, 2.05) is 42.5 Å². The number of hydrogen-bond acceptors (Lipinski definition) is 3. The molecule has 1 aromatic heterocycles. The molecule has 0 aliphatic heterocycles. The van der Waals surface area contributed by atoms with Gasteiger partial charge < -0.3 is 15.1 Å². The third kappa shape index (κ3) is 5.20. The first-order valence-electron chi connectivity index (χ1n) is 10.3. The summed E-state index contributed by atoms with van der Waals surface area (Å²) >= 11 is 0. The molecule has 4 aromatic rings. The molecule has 0 fully saturated rings. The number of aryl methyl sites for hydroxylation is 1. The molecule has 5 heteroatoms. The summed E-state index contributed by atoms with van der Waals surface area (Å²) in [6.45, 7) is 0.332. The van der Waals surface area contributed by atoms with Crippen molar-refractivity contribution in [3.8, 4) is 0 Å². The first-order chi connectivity index (χ1) is 15.2. The molecule has 0 spiro atoms. The van der Waals surface area contributed by atoms with E-state index in [9.17, 15) is 9.59 Å². The van der Waals surface area contributed by atoms with Crippen LogP contribution in [0.15, 0.2) is 95.6 Å². The van der Waals surface area contributed by atoms with Crippen LogP contribution in [0.4, 0.5) is 0 Å². The van der Waals surface area contributed by atoms with Crippen molar-refractivity contribution in [2.24, 2.45) is 0 Å².